The van der Waals surface area contributed by atoms with Gasteiger partial charge in [0.15, 0.2) is 0 Å². The molecule has 0 aliphatic carbocycles. The van der Waals surface area contributed by atoms with Gasteiger partial charge in [0, 0.05) is 27.5 Å². The van der Waals surface area contributed by atoms with Gasteiger partial charge in [-0.25, -0.2) is 13.1 Å². The van der Waals surface area contributed by atoms with E-state index in [1.807, 2.05) is 24.3 Å². The van der Waals surface area contributed by atoms with Crippen LogP contribution < -0.4 is 10.5 Å². The summed E-state index contributed by atoms with van der Waals surface area (Å²) in [5.74, 6) is 0. The molecule has 2 aromatic rings. The average molecular weight is 284 g/mol. The molecule has 1 aromatic carbocycles. The summed E-state index contributed by atoms with van der Waals surface area (Å²) in [5.41, 5.74) is 5.66. The van der Waals surface area contributed by atoms with Crippen LogP contribution in [0.15, 0.2) is 29.2 Å². The van der Waals surface area contributed by atoms with Crippen LogP contribution in [-0.2, 0) is 16.6 Å². The number of thiophene rings is 1. The Morgan fingerprint density at radius 2 is 2.00 bits per heavy atom. The van der Waals surface area contributed by atoms with E-state index in [0.717, 1.165) is 10.1 Å². The fourth-order valence-electron chi connectivity index (χ4n) is 1.87. The Bertz CT molecular complexity index is 660. The largest absolute Gasteiger partial charge is 0.326 e. The zero-order valence-electron chi connectivity index (χ0n) is 10.3. The normalized spacial score (nSPS) is 12.4. The molecule has 0 amide bonds. The van der Waals surface area contributed by atoms with Crippen LogP contribution in [0, 0.1) is 0 Å². The zero-order valence-corrected chi connectivity index (χ0v) is 11.9. The maximum absolute atomic E-state index is 12.3. The summed E-state index contributed by atoms with van der Waals surface area (Å²) >= 11 is 1.43. The fourth-order valence-corrected chi connectivity index (χ4v) is 4.96. The van der Waals surface area contributed by atoms with E-state index in [1.165, 1.54) is 11.3 Å². The molecule has 0 unspecified atom stereocenters. The Balaban J connectivity index is 2.69. The summed E-state index contributed by atoms with van der Waals surface area (Å²) in [4.78, 5) is 1.03. The highest BCUT2D eigenvalue weighted by Crippen LogP contribution is 2.34. The molecule has 18 heavy (non-hydrogen) atoms. The Hall–Kier alpha value is -0.950. The van der Waals surface area contributed by atoms with E-state index in [4.69, 9.17) is 5.73 Å². The van der Waals surface area contributed by atoms with Crippen molar-refractivity contribution in [2.75, 3.05) is 0 Å². The smallest absolute Gasteiger partial charge is 0.242 e. The lowest BCUT2D eigenvalue weighted by atomic mass is 10.2. The summed E-state index contributed by atoms with van der Waals surface area (Å²) in [7, 11) is -3.51. The monoisotopic (exact) mass is 284 g/mol. The molecule has 1 aromatic heterocycles. The van der Waals surface area contributed by atoms with Crippen LogP contribution in [-0.4, -0.2) is 14.5 Å². The molecule has 0 spiro atoms. The molecule has 1 heterocycles. The number of nitrogens with two attached hydrogens (primary N) is 1. The molecule has 0 radical (unpaired) electrons. The second-order valence-corrected chi connectivity index (χ2v) is 7.12. The third-order valence-electron chi connectivity index (χ3n) is 2.46. The van der Waals surface area contributed by atoms with Crippen molar-refractivity contribution in [3.8, 4) is 0 Å². The quantitative estimate of drug-likeness (QED) is 0.902. The number of fused-ring (bicyclic) bond motifs is 1. The number of hydrogen-bond donors (Lipinski definition) is 2. The molecule has 2 rings (SSSR count). The summed E-state index contributed by atoms with van der Waals surface area (Å²) in [6.07, 6.45) is 0. The van der Waals surface area contributed by atoms with Gasteiger partial charge in [-0.1, -0.05) is 18.2 Å². The topological polar surface area (TPSA) is 72.2 Å². The summed E-state index contributed by atoms with van der Waals surface area (Å²) in [6.45, 7) is 3.83. The Kier molecular flexibility index (Phi) is 3.72. The minimum atomic E-state index is -3.51. The zero-order chi connectivity index (χ0) is 13.3. The van der Waals surface area contributed by atoms with E-state index in [1.54, 1.807) is 13.8 Å². The summed E-state index contributed by atoms with van der Waals surface area (Å²) in [6, 6.07) is 7.32. The van der Waals surface area contributed by atoms with E-state index in [9.17, 15) is 8.42 Å². The first-order valence-electron chi connectivity index (χ1n) is 5.68. The van der Waals surface area contributed by atoms with Gasteiger partial charge >= 0.3 is 0 Å². The molecule has 0 fully saturated rings. The Morgan fingerprint density at radius 3 is 2.61 bits per heavy atom. The molecule has 0 saturated carbocycles. The average Bonchev–Trinajstić information content (AvgIpc) is 2.66. The third-order valence-corrected chi connectivity index (χ3v) is 5.57. The lowest BCUT2D eigenvalue weighted by Crippen LogP contribution is -2.30. The van der Waals surface area contributed by atoms with Gasteiger partial charge in [-0.05, 0) is 19.9 Å². The minimum Gasteiger partial charge on any atom is -0.326 e. The minimum absolute atomic E-state index is 0.140. The molecule has 98 valence electrons. The van der Waals surface area contributed by atoms with Crippen LogP contribution in [0.5, 0.6) is 0 Å². The van der Waals surface area contributed by atoms with Crippen LogP contribution in [0.25, 0.3) is 10.1 Å². The lowest BCUT2D eigenvalue weighted by Gasteiger charge is -2.10. The van der Waals surface area contributed by atoms with Crippen molar-refractivity contribution in [2.45, 2.75) is 31.3 Å². The highest BCUT2D eigenvalue weighted by molar-refractivity contribution is 7.90. The predicted octanol–water partition coefficient (Wildman–Crippen LogP) is 2.05. The van der Waals surface area contributed by atoms with Crippen LogP contribution in [0.4, 0.5) is 0 Å². The van der Waals surface area contributed by atoms with E-state index >= 15 is 0 Å². The molecule has 0 atom stereocenters. The summed E-state index contributed by atoms with van der Waals surface area (Å²) in [5, 5.41) is 0.746. The Morgan fingerprint density at radius 1 is 1.33 bits per heavy atom. The molecular weight excluding hydrogens is 268 g/mol. The van der Waals surface area contributed by atoms with Gasteiger partial charge < -0.3 is 5.73 Å². The SMILES string of the molecule is CC(C)NS(=O)(=O)c1c(CN)sc2ccccc12. The first-order valence-corrected chi connectivity index (χ1v) is 7.98. The van der Waals surface area contributed by atoms with Crippen molar-refractivity contribution in [3.63, 3.8) is 0 Å². The maximum atomic E-state index is 12.3. The van der Waals surface area contributed by atoms with Crippen molar-refractivity contribution < 1.29 is 8.42 Å². The van der Waals surface area contributed by atoms with Gasteiger partial charge in [0.05, 0.1) is 0 Å². The van der Waals surface area contributed by atoms with Gasteiger partial charge in [0.1, 0.15) is 4.90 Å². The molecule has 0 bridgehead atoms. The molecule has 0 aliphatic rings. The molecule has 3 N–H and O–H groups in total. The van der Waals surface area contributed by atoms with Crippen LogP contribution >= 0.6 is 11.3 Å². The van der Waals surface area contributed by atoms with Crippen molar-refractivity contribution in [3.05, 3.63) is 29.1 Å². The lowest BCUT2D eigenvalue weighted by molar-refractivity contribution is 0.570. The first-order chi connectivity index (χ1) is 8.45. The number of hydrogen-bond acceptors (Lipinski definition) is 4. The van der Waals surface area contributed by atoms with Crippen molar-refractivity contribution >= 4 is 31.4 Å². The third kappa shape index (κ3) is 2.42. The number of sulfonamides is 1. The second kappa shape index (κ2) is 4.97. The van der Waals surface area contributed by atoms with Crippen molar-refractivity contribution in [2.24, 2.45) is 5.73 Å². The number of nitrogens with one attached hydrogen (secondary N) is 1. The van der Waals surface area contributed by atoms with Gasteiger partial charge in [-0.2, -0.15) is 0 Å². The fraction of sp³-hybridized carbons (Fsp3) is 0.333. The highest BCUT2D eigenvalue weighted by Gasteiger charge is 2.24. The van der Waals surface area contributed by atoms with Crippen LogP contribution in [0.1, 0.15) is 18.7 Å². The first kappa shape index (κ1) is 13.5. The van der Waals surface area contributed by atoms with Gasteiger partial charge in [-0.3, -0.25) is 0 Å². The standard InChI is InChI=1S/C12H16N2O2S2/c1-8(2)14-18(15,16)12-9-5-3-4-6-10(9)17-11(12)7-13/h3-6,8,14H,7,13H2,1-2H3. The molecule has 0 saturated heterocycles. The van der Waals surface area contributed by atoms with Gasteiger partial charge in [0.25, 0.3) is 0 Å². The Labute approximate surface area is 111 Å². The highest BCUT2D eigenvalue weighted by atomic mass is 32.2. The number of rotatable bonds is 4. The molecule has 4 nitrogen and oxygen atoms in total. The molecular formula is C12H16N2O2S2. The van der Waals surface area contributed by atoms with Gasteiger partial charge in [-0.15, -0.1) is 11.3 Å². The maximum Gasteiger partial charge on any atom is 0.242 e. The van der Waals surface area contributed by atoms with E-state index < -0.39 is 10.0 Å². The van der Waals surface area contributed by atoms with E-state index in [0.29, 0.717) is 9.77 Å². The molecule has 0 aliphatic heterocycles. The van der Waals surface area contributed by atoms with E-state index in [-0.39, 0.29) is 12.6 Å². The van der Waals surface area contributed by atoms with E-state index in [2.05, 4.69) is 4.72 Å². The van der Waals surface area contributed by atoms with Crippen molar-refractivity contribution in [1.29, 1.82) is 0 Å². The predicted molar refractivity (Wildman–Crippen MR) is 75.2 cm³/mol. The van der Waals surface area contributed by atoms with Gasteiger partial charge in [0.2, 0.25) is 10.0 Å². The van der Waals surface area contributed by atoms with Crippen LogP contribution in [0.2, 0.25) is 0 Å². The summed E-state index contributed by atoms with van der Waals surface area (Å²) < 4.78 is 28.2. The number of benzene rings is 1. The van der Waals surface area contributed by atoms with Crippen LogP contribution in [0.3, 0.4) is 0 Å². The second-order valence-electron chi connectivity index (χ2n) is 4.33. The molecule has 6 heteroatoms. The van der Waals surface area contributed by atoms with Crippen molar-refractivity contribution in [1.82, 2.24) is 4.72 Å².